The minimum atomic E-state index is -4.51. The highest BCUT2D eigenvalue weighted by Crippen LogP contribution is 2.35. The van der Waals surface area contributed by atoms with Gasteiger partial charge in [0.1, 0.15) is 17.8 Å². The fourth-order valence-electron chi connectivity index (χ4n) is 4.81. The van der Waals surface area contributed by atoms with Crippen LogP contribution in [0.2, 0.25) is 0 Å². The lowest BCUT2D eigenvalue weighted by Crippen LogP contribution is -2.21. The number of hydrogen-bond donors (Lipinski definition) is 3. The zero-order chi connectivity index (χ0) is 28.4. The SMILES string of the molecule is CC(C)n1nc(-c2ccc(NC(=O)Nc3cccc(C(F)(F)F)c3)cc2)c2c(NC(=O)C3CCCC3)ncnc21. The Kier molecular flexibility index (Phi) is 7.42. The van der Waals surface area contributed by atoms with Crippen molar-refractivity contribution in [3.8, 4) is 11.3 Å². The molecule has 40 heavy (non-hydrogen) atoms. The summed E-state index contributed by atoms with van der Waals surface area (Å²) in [5.41, 5.74) is 1.45. The zero-order valence-corrected chi connectivity index (χ0v) is 21.9. The van der Waals surface area contributed by atoms with Crippen LogP contribution in [-0.2, 0) is 11.0 Å². The fraction of sp³-hybridized carbons (Fsp3) is 0.321. The number of fused-ring (bicyclic) bond motifs is 1. The van der Waals surface area contributed by atoms with Crippen LogP contribution in [0.25, 0.3) is 22.3 Å². The van der Waals surface area contributed by atoms with E-state index in [0.29, 0.717) is 33.8 Å². The van der Waals surface area contributed by atoms with E-state index in [1.165, 1.54) is 18.5 Å². The summed E-state index contributed by atoms with van der Waals surface area (Å²) in [6.45, 7) is 3.95. The molecule has 0 atom stereocenters. The number of hydrogen-bond acceptors (Lipinski definition) is 5. The number of amides is 3. The lowest BCUT2D eigenvalue weighted by molar-refractivity contribution is -0.137. The maximum Gasteiger partial charge on any atom is 0.416 e. The topological polar surface area (TPSA) is 114 Å². The molecule has 9 nitrogen and oxygen atoms in total. The first-order chi connectivity index (χ1) is 19.1. The normalized spacial score (nSPS) is 14.1. The van der Waals surface area contributed by atoms with E-state index in [1.807, 2.05) is 13.8 Å². The van der Waals surface area contributed by atoms with E-state index >= 15 is 0 Å². The molecule has 1 fully saturated rings. The fourth-order valence-corrected chi connectivity index (χ4v) is 4.81. The van der Waals surface area contributed by atoms with Gasteiger partial charge < -0.3 is 16.0 Å². The second-order valence-electron chi connectivity index (χ2n) is 10.0. The molecule has 5 rings (SSSR count). The van der Waals surface area contributed by atoms with Crippen molar-refractivity contribution in [2.24, 2.45) is 5.92 Å². The van der Waals surface area contributed by atoms with Gasteiger partial charge in [-0.15, -0.1) is 0 Å². The Bertz CT molecular complexity index is 1540. The molecular formula is C28H28F3N7O2. The van der Waals surface area contributed by atoms with Gasteiger partial charge in [-0.3, -0.25) is 4.79 Å². The third kappa shape index (κ3) is 5.75. The molecule has 2 aromatic carbocycles. The van der Waals surface area contributed by atoms with E-state index in [-0.39, 0.29) is 23.6 Å². The summed E-state index contributed by atoms with van der Waals surface area (Å²) in [7, 11) is 0. The van der Waals surface area contributed by atoms with Gasteiger partial charge in [0.05, 0.1) is 10.9 Å². The Morgan fingerprint density at radius 1 is 0.950 bits per heavy atom. The smallest absolute Gasteiger partial charge is 0.310 e. The van der Waals surface area contributed by atoms with E-state index in [2.05, 4.69) is 25.9 Å². The van der Waals surface area contributed by atoms with Gasteiger partial charge in [0, 0.05) is 28.9 Å². The van der Waals surface area contributed by atoms with Crippen LogP contribution < -0.4 is 16.0 Å². The molecule has 12 heteroatoms. The molecule has 1 aliphatic rings. The van der Waals surface area contributed by atoms with Crippen LogP contribution in [0.5, 0.6) is 0 Å². The first-order valence-corrected chi connectivity index (χ1v) is 13.0. The summed E-state index contributed by atoms with van der Waals surface area (Å²) in [6.07, 6.45) is 0.675. The lowest BCUT2D eigenvalue weighted by Gasteiger charge is -2.11. The van der Waals surface area contributed by atoms with Gasteiger partial charge in [0.2, 0.25) is 5.91 Å². The maximum atomic E-state index is 13.0. The molecular weight excluding hydrogens is 523 g/mol. The number of rotatable bonds is 6. The quantitative estimate of drug-likeness (QED) is 0.242. The van der Waals surface area contributed by atoms with Gasteiger partial charge in [-0.25, -0.2) is 19.4 Å². The second kappa shape index (κ2) is 10.9. The van der Waals surface area contributed by atoms with Crippen molar-refractivity contribution in [3.63, 3.8) is 0 Å². The van der Waals surface area contributed by atoms with Crippen molar-refractivity contribution < 1.29 is 22.8 Å². The molecule has 1 aliphatic carbocycles. The predicted molar refractivity (Wildman–Crippen MR) is 146 cm³/mol. The van der Waals surface area contributed by atoms with Gasteiger partial charge in [0.25, 0.3) is 0 Å². The number of halogens is 3. The van der Waals surface area contributed by atoms with E-state index in [0.717, 1.165) is 37.8 Å². The summed E-state index contributed by atoms with van der Waals surface area (Å²) in [6, 6.07) is 10.5. The Morgan fingerprint density at radius 2 is 1.65 bits per heavy atom. The van der Waals surface area contributed by atoms with E-state index in [9.17, 15) is 22.8 Å². The van der Waals surface area contributed by atoms with Crippen LogP contribution in [0.15, 0.2) is 54.9 Å². The van der Waals surface area contributed by atoms with Crippen molar-refractivity contribution in [1.82, 2.24) is 19.7 Å². The summed E-state index contributed by atoms with van der Waals surface area (Å²) >= 11 is 0. The first-order valence-electron chi connectivity index (χ1n) is 13.0. The second-order valence-corrected chi connectivity index (χ2v) is 10.0. The monoisotopic (exact) mass is 551 g/mol. The molecule has 0 saturated heterocycles. The number of anilines is 3. The molecule has 0 radical (unpaired) electrons. The summed E-state index contributed by atoms with van der Waals surface area (Å²) < 4.78 is 40.7. The van der Waals surface area contributed by atoms with Crippen molar-refractivity contribution >= 4 is 40.2 Å². The first kappa shape index (κ1) is 27.1. The molecule has 0 unspecified atom stereocenters. The maximum absolute atomic E-state index is 13.0. The summed E-state index contributed by atoms with van der Waals surface area (Å²) in [5.74, 6) is 0.291. The summed E-state index contributed by atoms with van der Waals surface area (Å²) in [4.78, 5) is 34.1. The number of benzene rings is 2. The predicted octanol–water partition coefficient (Wildman–Crippen LogP) is 6.87. The van der Waals surface area contributed by atoms with Crippen molar-refractivity contribution in [2.75, 3.05) is 16.0 Å². The molecule has 4 aromatic rings. The molecule has 0 spiro atoms. The molecule has 208 valence electrons. The van der Waals surface area contributed by atoms with E-state index < -0.39 is 17.8 Å². The minimum Gasteiger partial charge on any atom is -0.310 e. The van der Waals surface area contributed by atoms with E-state index in [1.54, 1.807) is 28.9 Å². The standard InChI is InChI=1S/C28H28F3N7O2/c1-16(2)38-25-22(24(32-15-33-25)36-26(39)18-6-3-4-7-18)23(37-38)17-10-12-20(13-11-17)34-27(40)35-21-9-5-8-19(14-21)28(29,30)31/h5,8-16,18H,3-4,6-7H2,1-2H3,(H2,34,35,40)(H,32,33,36,39). The lowest BCUT2D eigenvalue weighted by atomic mass is 10.1. The number of alkyl halides is 3. The van der Waals surface area contributed by atoms with Crippen molar-refractivity contribution in [2.45, 2.75) is 51.7 Å². The third-order valence-electron chi connectivity index (χ3n) is 6.81. The minimum absolute atomic E-state index is 0.00924. The number of carbonyl (C=O) groups is 2. The molecule has 2 heterocycles. The van der Waals surface area contributed by atoms with Crippen molar-refractivity contribution in [3.05, 3.63) is 60.4 Å². The molecule has 2 aromatic heterocycles. The average Bonchev–Trinajstić information content (AvgIpc) is 3.58. The van der Waals surface area contributed by atoms with Gasteiger partial charge in [0.15, 0.2) is 5.65 Å². The molecule has 1 saturated carbocycles. The highest BCUT2D eigenvalue weighted by Gasteiger charge is 2.30. The summed E-state index contributed by atoms with van der Waals surface area (Å²) in [5, 5.41) is 13.4. The number of urea groups is 1. The Labute approximate surface area is 228 Å². The molecule has 3 amide bonds. The number of nitrogens with zero attached hydrogens (tertiary/aromatic N) is 4. The van der Waals surface area contributed by atoms with Crippen LogP contribution in [0, 0.1) is 5.92 Å². The third-order valence-corrected chi connectivity index (χ3v) is 6.81. The van der Waals surface area contributed by atoms with Crippen LogP contribution in [0.3, 0.4) is 0 Å². The van der Waals surface area contributed by atoms with E-state index in [4.69, 9.17) is 5.10 Å². The zero-order valence-electron chi connectivity index (χ0n) is 21.9. The molecule has 0 bridgehead atoms. The van der Waals surface area contributed by atoms with Gasteiger partial charge in [-0.2, -0.15) is 18.3 Å². The Morgan fingerprint density at radius 3 is 2.33 bits per heavy atom. The Balaban J connectivity index is 1.38. The van der Waals surface area contributed by atoms with Crippen molar-refractivity contribution in [1.29, 1.82) is 0 Å². The largest absolute Gasteiger partial charge is 0.416 e. The van der Waals surface area contributed by atoms with Crippen LogP contribution >= 0.6 is 0 Å². The molecule has 0 aliphatic heterocycles. The average molecular weight is 552 g/mol. The Hall–Kier alpha value is -4.48. The van der Waals surface area contributed by atoms with Gasteiger partial charge >= 0.3 is 12.2 Å². The highest BCUT2D eigenvalue weighted by atomic mass is 19.4. The van der Waals surface area contributed by atoms with Gasteiger partial charge in [-0.1, -0.05) is 31.0 Å². The van der Waals surface area contributed by atoms with Crippen LogP contribution in [-0.4, -0.2) is 31.7 Å². The highest BCUT2D eigenvalue weighted by molar-refractivity contribution is 6.05. The van der Waals surface area contributed by atoms with Crippen LogP contribution in [0.1, 0.15) is 51.1 Å². The van der Waals surface area contributed by atoms with Crippen LogP contribution in [0.4, 0.5) is 35.2 Å². The van der Waals surface area contributed by atoms with Gasteiger partial charge in [-0.05, 0) is 57.0 Å². The molecule has 3 N–H and O–H groups in total. The number of carbonyl (C=O) groups excluding carboxylic acids is 2. The number of nitrogens with one attached hydrogen (secondary N) is 3. The number of aromatic nitrogens is 4.